The molecule has 0 N–H and O–H groups in total. The molecule has 0 fully saturated rings. The smallest absolute Gasteiger partial charge is 0.0784 e. The topological polar surface area (TPSA) is 0 Å². The molecule has 0 aliphatic rings. The van der Waals surface area contributed by atoms with Crippen LogP contribution in [0.3, 0.4) is 0 Å². The first-order valence-electron chi connectivity index (χ1n) is 12.0. The molecule has 0 saturated heterocycles. The van der Waals surface area contributed by atoms with Crippen LogP contribution >= 0.6 is 0 Å². The molecule has 0 rings (SSSR count). The van der Waals surface area contributed by atoms with Gasteiger partial charge >= 0.3 is 0 Å². The molecule has 1 atom stereocenters. The van der Waals surface area contributed by atoms with E-state index in [-0.39, 0.29) is 12.4 Å². The van der Waals surface area contributed by atoms with Crippen LogP contribution in [0.15, 0.2) is 0 Å². The van der Waals surface area contributed by atoms with E-state index in [1.165, 1.54) is 133 Å². The van der Waals surface area contributed by atoms with E-state index in [2.05, 4.69) is 27.8 Å². The lowest BCUT2D eigenvalue weighted by Crippen LogP contribution is -3.00. The Morgan fingerprint density at radius 1 is 0.385 bits per heavy atom. The van der Waals surface area contributed by atoms with Crippen LogP contribution in [0.1, 0.15) is 130 Å². The minimum atomic E-state index is 0. The lowest BCUT2D eigenvalue weighted by Gasteiger charge is -2.35. The number of quaternary nitrogens is 1. The van der Waals surface area contributed by atoms with Crippen LogP contribution in [0, 0.1) is 0 Å². The third-order valence-electron chi connectivity index (χ3n) is 5.90. The fourth-order valence-corrected chi connectivity index (χ4v) is 3.98. The summed E-state index contributed by atoms with van der Waals surface area (Å²) in [4.78, 5) is 0. The van der Waals surface area contributed by atoms with Crippen LogP contribution in [0.2, 0.25) is 0 Å². The zero-order valence-corrected chi connectivity index (χ0v) is 19.7. The van der Waals surface area contributed by atoms with Gasteiger partial charge in [-0.2, -0.15) is 0 Å². The molecule has 160 valence electrons. The summed E-state index contributed by atoms with van der Waals surface area (Å²) in [5.74, 6) is 0. The number of nitrogens with zero attached hydrogens (tertiary/aromatic N) is 1. The highest BCUT2D eigenvalue weighted by molar-refractivity contribution is 4.50. The normalized spacial score (nSPS) is 13.4. The average molecular weight is 390 g/mol. The summed E-state index contributed by atoms with van der Waals surface area (Å²) in [5, 5.41) is 0. The van der Waals surface area contributed by atoms with Crippen LogP contribution < -0.4 is 12.4 Å². The van der Waals surface area contributed by atoms with Crippen molar-refractivity contribution in [2.45, 2.75) is 130 Å². The summed E-state index contributed by atoms with van der Waals surface area (Å²) < 4.78 is 1.35. The third-order valence-corrected chi connectivity index (χ3v) is 5.90. The molecule has 0 amide bonds. The molecule has 0 aliphatic carbocycles. The largest absolute Gasteiger partial charge is 1.00 e. The van der Waals surface area contributed by atoms with Gasteiger partial charge in [-0.25, -0.2) is 0 Å². The Labute approximate surface area is 173 Å². The summed E-state index contributed by atoms with van der Waals surface area (Å²) in [6, 6.07) is 0. The van der Waals surface area contributed by atoms with Gasteiger partial charge in [0.05, 0.1) is 26.7 Å². The number of rotatable bonds is 20. The summed E-state index contributed by atoms with van der Waals surface area (Å²) in [5.41, 5.74) is 0. The highest BCUT2D eigenvalue weighted by Crippen LogP contribution is 2.15. The number of halogens is 1. The van der Waals surface area contributed by atoms with Gasteiger partial charge in [-0.15, -0.1) is 0 Å². The first-order valence-corrected chi connectivity index (χ1v) is 12.0. The maximum Gasteiger partial charge on any atom is 0.0784 e. The molecule has 26 heavy (non-hydrogen) atoms. The second-order valence-electron chi connectivity index (χ2n) is 8.74. The summed E-state index contributed by atoms with van der Waals surface area (Å²) in [6.45, 7) is 11.2. The van der Waals surface area contributed by atoms with E-state index in [1.54, 1.807) is 0 Å². The fraction of sp³-hybridized carbons (Fsp3) is 1.00. The molecule has 0 heterocycles. The minimum absolute atomic E-state index is 0. The lowest BCUT2D eigenvalue weighted by atomic mass is 10.1. The Morgan fingerprint density at radius 2 is 0.615 bits per heavy atom. The van der Waals surface area contributed by atoms with E-state index in [0.717, 1.165) is 0 Å². The number of hydrogen-bond acceptors (Lipinski definition) is 0. The van der Waals surface area contributed by atoms with Crippen molar-refractivity contribution >= 4 is 0 Å². The average Bonchev–Trinajstić information content (AvgIpc) is 2.61. The fourth-order valence-electron chi connectivity index (χ4n) is 3.98. The van der Waals surface area contributed by atoms with Crippen molar-refractivity contribution in [3.8, 4) is 0 Å². The molecule has 1 nitrogen and oxygen atoms in total. The zero-order chi connectivity index (χ0) is 18.6. The number of unbranched alkanes of at least 4 members (excludes halogenated alkanes) is 14. The van der Waals surface area contributed by atoms with Crippen molar-refractivity contribution in [3.05, 3.63) is 0 Å². The molecule has 0 saturated carbocycles. The SMILES string of the molecule is CCCCCCCCCC[N+](C)(CCCCCC)CCCCCCC.[Cl-]. The molecule has 0 aliphatic heterocycles. The molecular weight excluding hydrogens is 338 g/mol. The van der Waals surface area contributed by atoms with E-state index < -0.39 is 0 Å². The van der Waals surface area contributed by atoms with Crippen molar-refractivity contribution in [3.63, 3.8) is 0 Å². The van der Waals surface area contributed by atoms with Gasteiger partial charge in [0.2, 0.25) is 0 Å². The Balaban J connectivity index is 0. The molecule has 0 radical (unpaired) electrons. The predicted octanol–water partition coefficient (Wildman–Crippen LogP) is 5.13. The highest BCUT2D eigenvalue weighted by atomic mass is 35.5. The Kier molecular flexibility index (Phi) is 23.6. The molecule has 1 unspecified atom stereocenters. The molecule has 0 bridgehead atoms. The third kappa shape index (κ3) is 19.0. The molecule has 0 aromatic heterocycles. The van der Waals surface area contributed by atoms with Crippen LogP contribution in [0.5, 0.6) is 0 Å². The second kappa shape index (κ2) is 21.5. The van der Waals surface area contributed by atoms with Gasteiger partial charge in [0.15, 0.2) is 0 Å². The van der Waals surface area contributed by atoms with Gasteiger partial charge in [0.25, 0.3) is 0 Å². The van der Waals surface area contributed by atoms with Gasteiger partial charge in [-0.3, -0.25) is 0 Å². The van der Waals surface area contributed by atoms with Crippen molar-refractivity contribution in [1.82, 2.24) is 0 Å². The highest BCUT2D eigenvalue weighted by Gasteiger charge is 2.19. The van der Waals surface area contributed by atoms with Crippen molar-refractivity contribution in [2.75, 3.05) is 26.7 Å². The van der Waals surface area contributed by atoms with Crippen molar-refractivity contribution in [1.29, 1.82) is 0 Å². The van der Waals surface area contributed by atoms with E-state index in [4.69, 9.17) is 0 Å². The van der Waals surface area contributed by atoms with Gasteiger partial charge in [0, 0.05) is 0 Å². The van der Waals surface area contributed by atoms with Crippen LogP contribution in [-0.4, -0.2) is 31.2 Å². The standard InChI is InChI=1S/C24H52N.ClH/c1-5-8-11-14-15-16-18-21-24-25(4,22-19-13-10-7-3)23-20-17-12-9-6-2;/h5-24H2,1-4H3;1H/q+1;/p-1. The molecule has 0 aromatic rings. The van der Waals surface area contributed by atoms with E-state index in [1.807, 2.05) is 0 Å². The first-order chi connectivity index (χ1) is 12.2. The first kappa shape index (κ1) is 28.5. The Bertz CT molecular complexity index is 257. The van der Waals surface area contributed by atoms with E-state index in [0.29, 0.717) is 0 Å². The molecule has 2 heteroatoms. The van der Waals surface area contributed by atoms with Crippen LogP contribution in [-0.2, 0) is 0 Å². The predicted molar refractivity (Wildman–Crippen MR) is 116 cm³/mol. The van der Waals surface area contributed by atoms with Gasteiger partial charge in [-0.05, 0) is 38.5 Å². The summed E-state index contributed by atoms with van der Waals surface area (Å²) in [6.07, 6.45) is 24.4. The quantitative estimate of drug-likeness (QED) is 0.200. The van der Waals surface area contributed by atoms with Gasteiger partial charge in [-0.1, -0.05) is 91.4 Å². The zero-order valence-electron chi connectivity index (χ0n) is 19.0. The Hall–Kier alpha value is 0.250. The molecule has 0 spiro atoms. The summed E-state index contributed by atoms with van der Waals surface area (Å²) >= 11 is 0. The Morgan fingerprint density at radius 3 is 0.923 bits per heavy atom. The second-order valence-corrected chi connectivity index (χ2v) is 8.74. The van der Waals surface area contributed by atoms with Crippen molar-refractivity contribution in [2.24, 2.45) is 0 Å². The lowest BCUT2D eigenvalue weighted by molar-refractivity contribution is -0.910. The summed E-state index contributed by atoms with van der Waals surface area (Å²) in [7, 11) is 2.55. The number of hydrogen-bond donors (Lipinski definition) is 0. The monoisotopic (exact) mass is 389 g/mol. The van der Waals surface area contributed by atoms with Gasteiger partial charge < -0.3 is 16.9 Å². The van der Waals surface area contributed by atoms with E-state index >= 15 is 0 Å². The van der Waals surface area contributed by atoms with E-state index in [9.17, 15) is 0 Å². The molecular formula is C24H52ClN. The van der Waals surface area contributed by atoms with Gasteiger partial charge in [0.1, 0.15) is 0 Å². The van der Waals surface area contributed by atoms with Crippen molar-refractivity contribution < 1.29 is 16.9 Å². The molecule has 0 aromatic carbocycles. The maximum atomic E-state index is 2.55. The van der Waals surface area contributed by atoms with Crippen LogP contribution in [0.25, 0.3) is 0 Å². The maximum absolute atomic E-state index is 2.55. The minimum Gasteiger partial charge on any atom is -1.00 e. The van der Waals surface area contributed by atoms with Crippen LogP contribution in [0.4, 0.5) is 0 Å².